The Kier molecular flexibility index (Phi) is 27.9. The SMILES string of the molecule is N[C@@H]1CCCC(F)(F)[C@@H]1Oc1ccc(OCc2ccccc2)cc1.N[C@H]1CCCC(F)(F)[C@H]1Oc1ccc(OCc2ccccc2)cc1.O=C(CN[C@@H]1CCCC(F)(F)[C@H]1OS(=O)(=O)C(F)(F)F)c1ccccc1.O=C(CN[C@H]1CCCC(F)(F)[C@@H]1OS(=O)(=O)C(F)(F)F)c1ccccc1. The van der Waals surface area contributed by atoms with E-state index >= 15 is 0 Å². The zero-order valence-electron chi connectivity index (χ0n) is 53.3. The minimum absolute atomic E-state index is 0.0594. The molecule has 32 heteroatoms. The lowest BCUT2D eigenvalue weighted by Crippen LogP contribution is -2.56. The van der Waals surface area contributed by atoms with Crippen LogP contribution in [0.4, 0.5) is 61.5 Å². The van der Waals surface area contributed by atoms with Crippen LogP contribution in [0.2, 0.25) is 0 Å². The van der Waals surface area contributed by atoms with Gasteiger partial charge < -0.3 is 41.0 Å². The molecule has 0 spiro atoms. The van der Waals surface area contributed by atoms with Gasteiger partial charge in [-0.1, -0.05) is 121 Å². The number of hydrogen-bond acceptors (Lipinski definition) is 16. The highest BCUT2D eigenvalue weighted by Crippen LogP contribution is 2.42. The number of Topliss-reactive ketones (excluding diaryl/α,β-unsaturated/α-hetero) is 2. The normalized spacial score (nSPS) is 23.2. The van der Waals surface area contributed by atoms with E-state index in [1.165, 1.54) is 24.3 Å². The number of nitrogens with two attached hydrogens (primary N) is 2. The summed E-state index contributed by atoms with van der Waals surface area (Å²) in [6, 6.07) is 44.5. The molecule has 0 bridgehead atoms. The fourth-order valence-electron chi connectivity index (χ4n) is 11.0. The minimum atomic E-state index is -6.20. The van der Waals surface area contributed by atoms with Crippen molar-refractivity contribution in [3.8, 4) is 23.0 Å². The second kappa shape index (κ2) is 34.9. The van der Waals surface area contributed by atoms with Gasteiger partial charge >= 0.3 is 31.3 Å². The molecule has 4 saturated carbocycles. The largest absolute Gasteiger partial charge is 0.523 e. The highest BCUT2D eigenvalue weighted by Gasteiger charge is 2.58. The molecule has 0 heterocycles. The molecule has 548 valence electrons. The van der Waals surface area contributed by atoms with Crippen LogP contribution < -0.4 is 41.0 Å². The van der Waals surface area contributed by atoms with Crippen LogP contribution in [0, 0.1) is 0 Å². The Hall–Kier alpha value is -7.46. The smallest absolute Gasteiger partial charge is 0.489 e. The van der Waals surface area contributed by atoms with Crippen LogP contribution in [-0.2, 0) is 41.8 Å². The van der Waals surface area contributed by atoms with Crippen molar-refractivity contribution in [3.63, 3.8) is 0 Å². The van der Waals surface area contributed by atoms with Crippen LogP contribution in [0.1, 0.15) is 109 Å². The van der Waals surface area contributed by atoms with Crippen LogP contribution in [0.25, 0.3) is 0 Å². The van der Waals surface area contributed by atoms with Crippen LogP contribution in [0.15, 0.2) is 170 Å². The van der Waals surface area contributed by atoms with Gasteiger partial charge in [-0.15, -0.1) is 0 Å². The Labute approximate surface area is 568 Å². The molecule has 6 N–H and O–H groups in total. The second-order valence-corrected chi connectivity index (χ2v) is 27.0. The molecule has 8 atom stereocenters. The minimum Gasteiger partial charge on any atom is -0.489 e. The van der Waals surface area contributed by atoms with Gasteiger partial charge in [0.05, 0.1) is 13.1 Å². The third-order valence-electron chi connectivity index (χ3n) is 16.3. The van der Waals surface area contributed by atoms with Crippen LogP contribution in [0.5, 0.6) is 23.0 Å². The number of nitrogens with one attached hydrogen (secondary N) is 2. The second-order valence-electron chi connectivity index (χ2n) is 23.9. The number of rotatable bonds is 22. The van der Waals surface area contributed by atoms with Gasteiger partial charge in [-0.05, 0) is 111 Å². The summed E-state index contributed by atoms with van der Waals surface area (Å²) in [7, 11) is -12.4. The maximum Gasteiger partial charge on any atom is 0.523 e. The number of carbonyl (C=O) groups is 2. The Morgan fingerprint density at radius 3 is 0.960 bits per heavy atom. The van der Waals surface area contributed by atoms with E-state index in [-0.39, 0.29) is 49.7 Å². The van der Waals surface area contributed by atoms with E-state index in [1.807, 2.05) is 60.7 Å². The summed E-state index contributed by atoms with van der Waals surface area (Å²) >= 11 is 0. The molecule has 0 aromatic heterocycles. The molecule has 0 aliphatic heterocycles. The van der Waals surface area contributed by atoms with E-state index in [2.05, 4.69) is 19.0 Å². The van der Waals surface area contributed by atoms with Crippen molar-refractivity contribution in [2.45, 2.75) is 174 Å². The topological polar surface area (TPSA) is 234 Å². The number of alkyl halides is 14. The van der Waals surface area contributed by atoms with Crippen LogP contribution >= 0.6 is 0 Å². The standard InChI is InChI=1S/2C19H21F2NO2.2C15H16F5NO4S/c2*20-19(21)12-4-7-17(22)18(19)24-16-10-8-15(9-11-16)23-13-14-5-2-1-3-6-14;2*16-14(17)8-4-7-11(13(14)25-26(23,24)15(18,19)20)21-9-12(22)10-5-2-1-3-6-10/h2*1-3,5-6,8-11,17-18H,4,7,12-13,22H2;2*1-3,5-6,11,13,21H,4,7-9H2/t2*17-,18-;2*11-,13+/m1010/s1. The van der Waals surface area contributed by atoms with Gasteiger partial charge in [-0.3, -0.25) is 18.0 Å². The predicted molar refractivity (Wildman–Crippen MR) is 339 cm³/mol. The van der Waals surface area contributed by atoms with E-state index in [9.17, 15) is 87.9 Å². The lowest BCUT2D eigenvalue weighted by molar-refractivity contribution is -0.139. The van der Waals surface area contributed by atoms with E-state index < -0.39 is 141 Å². The van der Waals surface area contributed by atoms with Gasteiger partial charge in [-0.2, -0.15) is 43.2 Å². The van der Waals surface area contributed by atoms with E-state index in [4.69, 9.17) is 30.4 Å². The van der Waals surface area contributed by atoms with Crippen molar-refractivity contribution in [2.24, 2.45) is 11.5 Å². The summed E-state index contributed by atoms with van der Waals surface area (Å²) in [6.45, 7) is 0.00655. The Balaban J connectivity index is 0.000000187. The van der Waals surface area contributed by atoms with Gasteiger partial charge in [0.2, 0.25) is 0 Å². The maximum absolute atomic E-state index is 14.0. The lowest BCUT2D eigenvalue weighted by atomic mass is 9.89. The highest BCUT2D eigenvalue weighted by atomic mass is 32.2. The maximum atomic E-state index is 14.0. The van der Waals surface area contributed by atoms with Crippen molar-refractivity contribution >= 4 is 31.8 Å². The first kappa shape index (κ1) is 79.9. The first-order chi connectivity index (χ1) is 47.0. The molecule has 4 aliphatic carbocycles. The molecule has 0 saturated heterocycles. The van der Waals surface area contributed by atoms with E-state index in [0.717, 1.165) is 11.1 Å². The Morgan fingerprint density at radius 1 is 0.400 bits per heavy atom. The molecule has 4 aliphatic rings. The van der Waals surface area contributed by atoms with Crippen molar-refractivity contribution in [2.75, 3.05) is 13.1 Å². The molecular formula is C68H74F14N4O12S2. The first-order valence-corrected chi connectivity index (χ1v) is 34.3. The summed E-state index contributed by atoms with van der Waals surface area (Å²) in [5.74, 6) is -12.2. The number of ether oxygens (including phenoxy) is 4. The average molecular weight is 1470 g/mol. The van der Waals surface area contributed by atoms with Gasteiger partial charge in [0.25, 0.3) is 23.7 Å². The van der Waals surface area contributed by atoms with Crippen molar-refractivity contribution in [1.82, 2.24) is 10.6 Å². The molecular weight excluding hydrogens is 1390 g/mol. The third kappa shape index (κ3) is 23.3. The van der Waals surface area contributed by atoms with Crippen molar-refractivity contribution in [1.29, 1.82) is 0 Å². The average Bonchev–Trinajstić information content (AvgIpc) is 0.813. The fraction of sp³-hybridized carbons (Fsp3) is 0.441. The zero-order chi connectivity index (χ0) is 73.2. The Morgan fingerprint density at radius 2 is 0.670 bits per heavy atom. The van der Waals surface area contributed by atoms with Gasteiger partial charge in [0.15, 0.2) is 36.0 Å². The molecule has 16 nitrogen and oxygen atoms in total. The summed E-state index contributed by atoms with van der Waals surface area (Å²) in [4.78, 5) is 24.0. The van der Waals surface area contributed by atoms with E-state index in [0.29, 0.717) is 61.9 Å². The molecule has 10 rings (SSSR count). The highest BCUT2D eigenvalue weighted by molar-refractivity contribution is 7.87. The molecule has 0 unspecified atom stereocenters. The number of ketones is 2. The monoisotopic (exact) mass is 1470 g/mol. The van der Waals surface area contributed by atoms with Gasteiger partial charge in [0, 0.05) is 61.0 Å². The zero-order valence-corrected chi connectivity index (χ0v) is 54.9. The van der Waals surface area contributed by atoms with E-state index in [1.54, 1.807) is 84.9 Å². The molecule has 6 aromatic rings. The van der Waals surface area contributed by atoms with Crippen molar-refractivity contribution < 1.29 is 115 Å². The first-order valence-electron chi connectivity index (χ1n) is 31.5. The molecule has 4 fully saturated rings. The molecule has 6 aromatic carbocycles. The number of carbonyl (C=O) groups excluding carboxylic acids is 2. The van der Waals surface area contributed by atoms with Crippen LogP contribution in [0.3, 0.4) is 0 Å². The summed E-state index contributed by atoms with van der Waals surface area (Å²) < 4.78 is 261. The number of hydrogen-bond donors (Lipinski definition) is 4. The summed E-state index contributed by atoms with van der Waals surface area (Å²) in [5, 5.41) is 4.83. The summed E-state index contributed by atoms with van der Waals surface area (Å²) in [6.07, 6.45) is -7.89. The third-order valence-corrected chi connectivity index (χ3v) is 18.3. The lowest BCUT2D eigenvalue weighted by Gasteiger charge is -2.37. The summed E-state index contributed by atoms with van der Waals surface area (Å²) in [5.41, 5.74) is 2.68. The Bertz CT molecular complexity index is 3500. The molecule has 0 amide bonds. The number of benzene rings is 6. The van der Waals surface area contributed by atoms with Crippen molar-refractivity contribution in [3.05, 3.63) is 192 Å². The van der Waals surface area contributed by atoms with Crippen LogP contribution in [-0.4, -0.2) is 125 Å². The quantitative estimate of drug-likeness (QED) is 0.0214. The predicted octanol–water partition coefficient (Wildman–Crippen LogP) is 14.1. The fourth-order valence-corrected chi connectivity index (χ4v) is 12.3. The van der Waals surface area contributed by atoms with Gasteiger partial charge in [0.1, 0.15) is 36.2 Å². The number of halogens is 14. The molecule has 0 radical (unpaired) electrons. The molecule has 100 heavy (non-hydrogen) atoms. The van der Waals surface area contributed by atoms with Gasteiger partial charge in [-0.25, -0.2) is 35.1 Å².